The zero-order valence-electron chi connectivity index (χ0n) is 29.4. The number of benzene rings is 2. The van der Waals surface area contributed by atoms with Gasteiger partial charge in [-0.25, -0.2) is 9.59 Å². The fourth-order valence-corrected chi connectivity index (χ4v) is 6.09. The molecule has 0 unspecified atom stereocenters. The van der Waals surface area contributed by atoms with Crippen LogP contribution >= 0.6 is 11.8 Å². The van der Waals surface area contributed by atoms with E-state index in [9.17, 15) is 9.59 Å². The summed E-state index contributed by atoms with van der Waals surface area (Å²) in [6, 6.07) is 8.29. The molecule has 43 heavy (non-hydrogen) atoms. The number of hydrogen-bond acceptors (Lipinski definition) is 7. The Kier molecular flexibility index (Phi) is 10.8. The van der Waals surface area contributed by atoms with Gasteiger partial charge in [-0.05, 0) is 107 Å². The Morgan fingerprint density at radius 1 is 0.581 bits per heavy atom. The maximum absolute atomic E-state index is 12.7. The number of hydrogen-bond donors (Lipinski definition) is 0. The summed E-state index contributed by atoms with van der Waals surface area (Å²) in [5.74, 6) is 1.81. The van der Waals surface area contributed by atoms with Crippen molar-refractivity contribution in [3.63, 3.8) is 0 Å². The van der Waals surface area contributed by atoms with Gasteiger partial charge in [-0.15, -0.1) is 0 Å². The first kappa shape index (κ1) is 36.5. The van der Waals surface area contributed by atoms with Crippen LogP contribution in [-0.4, -0.2) is 35.5 Å². The second kappa shape index (κ2) is 12.7. The molecule has 0 aliphatic carbocycles. The minimum absolute atomic E-state index is 0.309. The van der Waals surface area contributed by atoms with Crippen LogP contribution in [0.4, 0.5) is 9.59 Å². The molecular weight excluding hydrogens is 560 g/mol. The van der Waals surface area contributed by atoms with E-state index in [2.05, 4.69) is 80.7 Å². The summed E-state index contributed by atoms with van der Waals surface area (Å²) in [5.41, 5.74) is 3.80. The van der Waals surface area contributed by atoms with Gasteiger partial charge in [0, 0.05) is 22.3 Å². The smallest absolute Gasteiger partial charge is 0.428 e. The van der Waals surface area contributed by atoms with Gasteiger partial charge in [-0.3, -0.25) is 0 Å². The average molecular weight is 615 g/mol. The van der Waals surface area contributed by atoms with Crippen LogP contribution in [0.25, 0.3) is 0 Å². The fourth-order valence-electron chi connectivity index (χ4n) is 5.20. The predicted octanol–water partition coefficient (Wildman–Crippen LogP) is 10.2. The summed E-state index contributed by atoms with van der Waals surface area (Å²) < 4.78 is 22.6. The van der Waals surface area contributed by atoms with Crippen LogP contribution < -0.4 is 9.47 Å². The van der Waals surface area contributed by atoms with Gasteiger partial charge in [0.1, 0.15) is 22.7 Å². The van der Waals surface area contributed by atoms with Gasteiger partial charge in [-0.2, -0.15) is 11.8 Å². The zero-order chi connectivity index (χ0) is 33.3. The molecule has 0 aliphatic heterocycles. The van der Waals surface area contributed by atoms with E-state index in [-0.39, 0.29) is 10.8 Å². The molecule has 2 rings (SSSR count). The summed E-state index contributed by atoms with van der Waals surface area (Å²) >= 11 is 1.77. The van der Waals surface area contributed by atoms with E-state index in [4.69, 9.17) is 18.9 Å². The van der Waals surface area contributed by atoms with Crippen molar-refractivity contribution < 1.29 is 28.5 Å². The van der Waals surface area contributed by atoms with Crippen LogP contribution in [0.3, 0.4) is 0 Å². The van der Waals surface area contributed by atoms with Gasteiger partial charge in [-0.1, -0.05) is 60.6 Å². The number of aryl methyl sites for hydroxylation is 2. The van der Waals surface area contributed by atoms with E-state index >= 15 is 0 Å². The molecule has 0 saturated carbocycles. The van der Waals surface area contributed by atoms with Gasteiger partial charge < -0.3 is 18.9 Å². The van der Waals surface area contributed by atoms with Crippen LogP contribution in [-0.2, 0) is 25.7 Å². The lowest BCUT2D eigenvalue weighted by atomic mass is 9.70. The summed E-state index contributed by atoms with van der Waals surface area (Å²) in [7, 11) is 0. The highest BCUT2D eigenvalue weighted by molar-refractivity contribution is 7.98. The standard InChI is InChI=1S/C36H54O6S/c1-22-17-28(39-30(37)41-34(9,10)11)26(32(3,4)5)19-24(22)36(15,21-43-16)25-20-27(33(6,7)8)29(18-23(25)2)40-31(38)42-35(12,13)14/h17-20H,21H2,1-16H3. The molecule has 7 heteroatoms. The van der Waals surface area contributed by atoms with Gasteiger partial charge >= 0.3 is 12.3 Å². The van der Waals surface area contributed by atoms with Crippen molar-refractivity contribution in [3.05, 3.63) is 57.6 Å². The highest BCUT2D eigenvalue weighted by Gasteiger charge is 2.36. The first-order chi connectivity index (χ1) is 19.3. The first-order valence-electron chi connectivity index (χ1n) is 14.9. The Hall–Kier alpha value is -2.67. The molecule has 240 valence electrons. The lowest BCUT2D eigenvalue weighted by molar-refractivity contribution is 0.0189. The Bertz CT molecular complexity index is 1230. The third-order valence-electron chi connectivity index (χ3n) is 7.06. The maximum Gasteiger partial charge on any atom is 0.514 e. The second-order valence-corrected chi connectivity index (χ2v) is 16.6. The van der Waals surface area contributed by atoms with E-state index in [1.54, 1.807) is 11.8 Å². The topological polar surface area (TPSA) is 71.1 Å². The van der Waals surface area contributed by atoms with Gasteiger partial charge in [0.15, 0.2) is 0 Å². The molecular formula is C36H54O6S. The molecule has 0 atom stereocenters. The van der Waals surface area contributed by atoms with Crippen LogP contribution in [0, 0.1) is 13.8 Å². The zero-order valence-corrected chi connectivity index (χ0v) is 30.2. The number of carbonyl (C=O) groups is 2. The first-order valence-corrected chi connectivity index (χ1v) is 16.3. The maximum atomic E-state index is 12.7. The largest absolute Gasteiger partial charge is 0.514 e. The molecule has 0 fully saturated rings. The third kappa shape index (κ3) is 9.66. The Morgan fingerprint density at radius 3 is 1.16 bits per heavy atom. The molecule has 0 aliphatic rings. The minimum atomic E-state index is -0.719. The van der Waals surface area contributed by atoms with Gasteiger partial charge in [0.25, 0.3) is 0 Å². The normalized spacial score (nSPS) is 13.0. The number of carbonyl (C=O) groups excluding carboxylic acids is 2. The molecule has 2 aromatic rings. The number of ether oxygens (including phenoxy) is 4. The quantitative estimate of drug-likeness (QED) is 0.237. The molecule has 0 amide bonds. The highest BCUT2D eigenvalue weighted by atomic mass is 32.2. The Morgan fingerprint density at radius 2 is 0.907 bits per heavy atom. The third-order valence-corrected chi connectivity index (χ3v) is 7.92. The monoisotopic (exact) mass is 614 g/mol. The number of thioether (sulfide) groups is 1. The van der Waals surface area contributed by atoms with E-state index in [1.165, 1.54) is 0 Å². The average Bonchev–Trinajstić information content (AvgIpc) is 2.74. The van der Waals surface area contributed by atoms with E-state index in [1.807, 2.05) is 53.7 Å². The lowest BCUT2D eigenvalue weighted by Crippen LogP contribution is -2.31. The van der Waals surface area contributed by atoms with Crippen LogP contribution in [0.1, 0.15) is 123 Å². The van der Waals surface area contributed by atoms with Crippen molar-refractivity contribution >= 4 is 24.1 Å². The van der Waals surface area contributed by atoms with Crippen molar-refractivity contribution in [2.75, 3.05) is 12.0 Å². The lowest BCUT2D eigenvalue weighted by Gasteiger charge is -2.37. The molecule has 0 spiro atoms. The molecule has 2 aromatic carbocycles. The Labute approximate surface area is 264 Å². The van der Waals surface area contributed by atoms with Crippen LogP contribution in [0.15, 0.2) is 24.3 Å². The summed E-state index contributed by atoms with van der Waals surface area (Å²) in [5, 5.41) is 0. The Balaban J connectivity index is 2.80. The van der Waals surface area contributed by atoms with Gasteiger partial charge in [0.05, 0.1) is 0 Å². The number of rotatable bonds is 6. The molecule has 0 saturated heterocycles. The fraction of sp³-hybridized carbons (Fsp3) is 0.611. The van der Waals surface area contributed by atoms with Crippen molar-refractivity contribution in [2.45, 2.75) is 131 Å². The molecule has 0 heterocycles. The molecule has 0 N–H and O–H groups in total. The van der Waals surface area contributed by atoms with Gasteiger partial charge in [0.2, 0.25) is 0 Å². The molecule has 0 bridgehead atoms. The minimum Gasteiger partial charge on any atom is -0.428 e. The molecule has 0 radical (unpaired) electrons. The van der Waals surface area contributed by atoms with E-state index < -0.39 is 28.9 Å². The van der Waals surface area contributed by atoms with Crippen molar-refractivity contribution in [1.82, 2.24) is 0 Å². The van der Waals surface area contributed by atoms with Crippen LogP contribution in [0.2, 0.25) is 0 Å². The summed E-state index contributed by atoms with van der Waals surface area (Å²) in [6.45, 7) is 30.0. The van der Waals surface area contributed by atoms with Crippen molar-refractivity contribution in [2.24, 2.45) is 0 Å². The summed E-state index contributed by atoms with van der Waals surface area (Å²) in [4.78, 5) is 25.4. The second-order valence-electron chi connectivity index (χ2n) is 15.7. The molecule has 6 nitrogen and oxygen atoms in total. The SMILES string of the molecule is CSCC(C)(c1cc(C(C)(C)C)c(OC(=O)OC(C)(C)C)cc1C)c1cc(C(C)(C)C)c(OC(=O)OC(C)(C)C)cc1C. The van der Waals surface area contributed by atoms with Crippen molar-refractivity contribution in [3.8, 4) is 11.5 Å². The van der Waals surface area contributed by atoms with E-state index in [0.29, 0.717) is 11.5 Å². The predicted molar refractivity (Wildman–Crippen MR) is 178 cm³/mol. The summed E-state index contributed by atoms with van der Waals surface area (Å²) in [6.07, 6.45) is 0.671. The van der Waals surface area contributed by atoms with Crippen LogP contribution in [0.5, 0.6) is 11.5 Å². The highest BCUT2D eigenvalue weighted by Crippen LogP contribution is 2.45. The van der Waals surface area contributed by atoms with Crippen molar-refractivity contribution in [1.29, 1.82) is 0 Å². The molecule has 0 aromatic heterocycles. The van der Waals surface area contributed by atoms with E-state index in [0.717, 1.165) is 39.1 Å².